The molecule has 0 aromatic carbocycles. The van der Waals surface area contributed by atoms with Gasteiger partial charge in [0, 0.05) is 19.2 Å². The molecule has 5 heteroatoms. The largest absolute Gasteiger partial charge is 0.396 e. The number of amides is 1. The lowest BCUT2D eigenvalue weighted by molar-refractivity contribution is 0.0715. The number of hydrogen-bond acceptors (Lipinski definition) is 4. The maximum atomic E-state index is 12.5. The van der Waals surface area contributed by atoms with E-state index in [0.29, 0.717) is 17.7 Å². The minimum Gasteiger partial charge on any atom is -0.396 e. The monoisotopic (exact) mass is 249 g/mol. The number of carbonyl (C=O) groups is 1. The molecule has 1 amide bonds. The summed E-state index contributed by atoms with van der Waals surface area (Å²) in [5.41, 5.74) is 2.05. The van der Waals surface area contributed by atoms with Crippen molar-refractivity contribution in [1.29, 1.82) is 0 Å². The zero-order valence-electron chi connectivity index (χ0n) is 10.9. The van der Waals surface area contributed by atoms with Crippen molar-refractivity contribution in [2.75, 3.05) is 13.2 Å². The number of aromatic nitrogens is 2. The highest BCUT2D eigenvalue weighted by Gasteiger charge is 2.29. The van der Waals surface area contributed by atoms with Crippen LogP contribution >= 0.6 is 0 Å². The molecule has 0 bridgehead atoms. The summed E-state index contributed by atoms with van der Waals surface area (Å²) >= 11 is 0. The van der Waals surface area contributed by atoms with Crippen LogP contribution in [0.1, 0.15) is 41.0 Å². The van der Waals surface area contributed by atoms with Crippen LogP contribution in [0.5, 0.6) is 0 Å². The zero-order valence-corrected chi connectivity index (χ0v) is 10.9. The lowest BCUT2D eigenvalue weighted by Crippen LogP contribution is -2.36. The Morgan fingerprint density at radius 3 is 3.00 bits per heavy atom. The maximum absolute atomic E-state index is 12.5. The highest BCUT2D eigenvalue weighted by molar-refractivity contribution is 5.95. The molecule has 0 aliphatic carbocycles. The van der Waals surface area contributed by atoms with Crippen molar-refractivity contribution in [3.63, 3.8) is 0 Å². The number of rotatable bonds is 3. The molecule has 1 unspecified atom stereocenters. The van der Waals surface area contributed by atoms with Crippen LogP contribution in [0.3, 0.4) is 0 Å². The minimum atomic E-state index is 0.0152. The molecule has 0 radical (unpaired) electrons. The van der Waals surface area contributed by atoms with E-state index in [2.05, 4.69) is 10.2 Å². The molecule has 18 heavy (non-hydrogen) atoms. The van der Waals surface area contributed by atoms with Crippen LogP contribution in [0, 0.1) is 13.8 Å². The predicted octanol–water partition coefficient (Wildman–Crippen LogP) is 1.08. The molecule has 0 spiro atoms. The van der Waals surface area contributed by atoms with Crippen LogP contribution in [0.25, 0.3) is 0 Å². The van der Waals surface area contributed by atoms with Gasteiger partial charge in [-0.15, -0.1) is 0 Å². The number of aryl methyl sites for hydroxylation is 2. The molecule has 1 aliphatic rings. The summed E-state index contributed by atoms with van der Waals surface area (Å²) < 4.78 is 0. The number of hydrogen-bond donors (Lipinski definition) is 1. The normalized spacial score (nSPS) is 19.3. The fourth-order valence-corrected chi connectivity index (χ4v) is 2.47. The van der Waals surface area contributed by atoms with Crippen molar-refractivity contribution in [3.8, 4) is 0 Å². The number of aliphatic hydroxyl groups excluding tert-OH is 1. The van der Waals surface area contributed by atoms with Crippen molar-refractivity contribution >= 4 is 5.91 Å². The molecule has 1 fully saturated rings. The van der Waals surface area contributed by atoms with Gasteiger partial charge in [-0.3, -0.25) is 4.79 Å². The van der Waals surface area contributed by atoms with Gasteiger partial charge in [0.15, 0.2) is 0 Å². The summed E-state index contributed by atoms with van der Waals surface area (Å²) in [5.74, 6) is 0.0152. The summed E-state index contributed by atoms with van der Waals surface area (Å²) in [6, 6.07) is 1.95. The molecule has 1 saturated heterocycles. The Bertz CT molecular complexity index is 448. The van der Waals surface area contributed by atoms with Crippen LogP contribution < -0.4 is 0 Å². The first-order chi connectivity index (χ1) is 8.63. The molecule has 98 valence electrons. The first-order valence-electron chi connectivity index (χ1n) is 6.36. The lowest BCUT2D eigenvalue weighted by atomic mass is 10.1. The summed E-state index contributed by atoms with van der Waals surface area (Å²) in [4.78, 5) is 14.3. The van der Waals surface area contributed by atoms with Crippen LogP contribution in [0.4, 0.5) is 0 Å². The van der Waals surface area contributed by atoms with E-state index in [1.54, 1.807) is 13.0 Å². The molecule has 2 rings (SSSR count). The molecule has 1 aliphatic heterocycles. The molecule has 1 atom stereocenters. The number of aliphatic hydroxyl groups is 1. The molecule has 2 heterocycles. The van der Waals surface area contributed by atoms with Gasteiger partial charge in [-0.1, -0.05) is 0 Å². The molecule has 1 aromatic heterocycles. The van der Waals surface area contributed by atoms with Gasteiger partial charge in [-0.25, -0.2) is 0 Å². The van der Waals surface area contributed by atoms with E-state index in [1.165, 1.54) is 0 Å². The quantitative estimate of drug-likeness (QED) is 0.870. The summed E-state index contributed by atoms with van der Waals surface area (Å²) in [6.45, 7) is 4.53. The van der Waals surface area contributed by atoms with Crippen LogP contribution in [0.2, 0.25) is 0 Å². The smallest absolute Gasteiger partial charge is 0.256 e. The second kappa shape index (κ2) is 5.44. The Balaban J connectivity index is 2.22. The summed E-state index contributed by atoms with van der Waals surface area (Å²) in [7, 11) is 0. The Morgan fingerprint density at radius 2 is 2.28 bits per heavy atom. The third-order valence-corrected chi connectivity index (χ3v) is 3.43. The van der Waals surface area contributed by atoms with Crippen molar-refractivity contribution in [2.45, 2.75) is 39.2 Å². The Labute approximate surface area is 107 Å². The van der Waals surface area contributed by atoms with E-state index >= 15 is 0 Å². The third kappa shape index (κ3) is 2.51. The van der Waals surface area contributed by atoms with Gasteiger partial charge in [0.05, 0.1) is 17.0 Å². The molecule has 1 N–H and O–H groups in total. The van der Waals surface area contributed by atoms with E-state index in [9.17, 15) is 4.79 Å². The van der Waals surface area contributed by atoms with Gasteiger partial charge in [-0.2, -0.15) is 10.2 Å². The van der Waals surface area contributed by atoms with E-state index in [-0.39, 0.29) is 18.6 Å². The van der Waals surface area contributed by atoms with E-state index in [4.69, 9.17) is 5.11 Å². The van der Waals surface area contributed by atoms with Crippen molar-refractivity contribution in [2.24, 2.45) is 0 Å². The fourth-order valence-electron chi connectivity index (χ4n) is 2.47. The SMILES string of the molecule is Cc1cc(C(=O)N2CCCC2CCO)c(C)nn1. The third-order valence-electron chi connectivity index (χ3n) is 3.43. The fraction of sp³-hybridized carbons (Fsp3) is 0.615. The second-order valence-electron chi connectivity index (χ2n) is 4.79. The van der Waals surface area contributed by atoms with Crippen molar-refractivity contribution in [3.05, 3.63) is 23.0 Å². The molecule has 1 aromatic rings. The minimum absolute atomic E-state index is 0.0152. The van der Waals surface area contributed by atoms with Crippen LogP contribution in [-0.2, 0) is 0 Å². The van der Waals surface area contributed by atoms with Gasteiger partial charge >= 0.3 is 0 Å². The molecule has 0 saturated carbocycles. The summed E-state index contributed by atoms with van der Waals surface area (Å²) in [6.07, 6.45) is 2.64. The number of nitrogens with zero attached hydrogens (tertiary/aromatic N) is 3. The molecular weight excluding hydrogens is 230 g/mol. The van der Waals surface area contributed by atoms with Crippen molar-refractivity contribution < 1.29 is 9.90 Å². The highest BCUT2D eigenvalue weighted by atomic mass is 16.3. The van der Waals surface area contributed by atoms with E-state index in [0.717, 1.165) is 25.1 Å². The van der Waals surface area contributed by atoms with Gasteiger partial charge in [0.1, 0.15) is 0 Å². The van der Waals surface area contributed by atoms with E-state index in [1.807, 2.05) is 11.8 Å². The Hall–Kier alpha value is -1.49. The lowest BCUT2D eigenvalue weighted by Gasteiger charge is -2.24. The number of likely N-dealkylation sites (tertiary alicyclic amines) is 1. The zero-order chi connectivity index (χ0) is 13.1. The van der Waals surface area contributed by atoms with Gasteiger partial charge in [0.2, 0.25) is 0 Å². The highest BCUT2D eigenvalue weighted by Crippen LogP contribution is 2.23. The Kier molecular flexibility index (Phi) is 3.91. The maximum Gasteiger partial charge on any atom is 0.256 e. The first kappa shape index (κ1) is 13.0. The topological polar surface area (TPSA) is 66.3 Å². The first-order valence-corrected chi connectivity index (χ1v) is 6.36. The number of carbonyl (C=O) groups excluding carboxylic acids is 1. The molecule has 5 nitrogen and oxygen atoms in total. The second-order valence-corrected chi connectivity index (χ2v) is 4.79. The van der Waals surface area contributed by atoms with Crippen LogP contribution in [-0.4, -0.2) is 45.3 Å². The standard InChI is InChI=1S/C13H19N3O2/c1-9-8-12(10(2)15-14-9)13(18)16-6-3-4-11(16)5-7-17/h8,11,17H,3-7H2,1-2H3. The predicted molar refractivity (Wildman–Crippen MR) is 67.3 cm³/mol. The van der Waals surface area contributed by atoms with Crippen molar-refractivity contribution in [1.82, 2.24) is 15.1 Å². The van der Waals surface area contributed by atoms with Gasteiger partial charge in [0.25, 0.3) is 5.91 Å². The average molecular weight is 249 g/mol. The molecular formula is C13H19N3O2. The average Bonchev–Trinajstić information content (AvgIpc) is 2.80. The van der Waals surface area contributed by atoms with E-state index < -0.39 is 0 Å². The van der Waals surface area contributed by atoms with Crippen LogP contribution in [0.15, 0.2) is 6.07 Å². The Morgan fingerprint density at radius 1 is 1.50 bits per heavy atom. The van der Waals surface area contributed by atoms with Gasteiger partial charge in [-0.05, 0) is 39.2 Å². The van der Waals surface area contributed by atoms with Gasteiger partial charge < -0.3 is 10.0 Å². The summed E-state index contributed by atoms with van der Waals surface area (Å²) in [5, 5.41) is 17.0.